The molecule has 2 amide bonds. The van der Waals surface area contributed by atoms with Crippen LogP contribution in [0.15, 0.2) is 21.4 Å². The van der Waals surface area contributed by atoms with Crippen LogP contribution in [0.1, 0.15) is 73.1 Å². The molecule has 31 heavy (non-hydrogen) atoms. The number of hydrogen-bond acceptors (Lipinski definition) is 7. The topological polar surface area (TPSA) is 119 Å². The summed E-state index contributed by atoms with van der Waals surface area (Å²) in [5.41, 5.74) is 1.65. The molecule has 1 atom stereocenters. The van der Waals surface area contributed by atoms with Crippen LogP contribution in [-0.4, -0.2) is 41.4 Å². The third-order valence-electron chi connectivity index (χ3n) is 6.51. The lowest BCUT2D eigenvalue weighted by atomic mass is 9.79. The third-order valence-corrected chi connectivity index (χ3v) is 6.51. The Morgan fingerprint density at radius 2 is 1.84 bits per heavy atom. The maximum absolute atomic E-state index is 13.2. The Labute approximate surface area is 181 Å². The van der Waals surface area contributed by atoms with E-state index in [4.69, 9.17) is 13.8 Å². The van der Waals surface area contributed by atoms with Gasteiger partial charge in [0, 0.05) is 25.2 Å². The highest BCUT2D eigenvalue weighted by Gasteiger charge is 2.34. The van der Waals surface area contributed by atoms with Crippen LogP contribution in [0.4, 0.5) is 5.88 Å². The highest BCUT2D eigenvalue weighted by Crippen LogP contribution is 2.32. The van der Waals surface area contributed by atoms with E-state index in [1.165, 1.54) is 6.26 Å². The maximum Gasteiger partial charge on any atom is 0.257 e. The fourth-order valence-corrected chi connectivity index (χ4v) is 4.48. The molecular weight excluding hydrogens is 400 g/mol. The number of nitrogens with one attached hydrogen (secondary N) is 2. The van der Waals surface area contributed by atoms with Gasteiger partial charge in [-0.25, -0.2) is 0 Å². The maximum atomic E-state index is 13.2. The minimum atomic E-state index is -0.675. The van der Waals surface area contributed by atoms with Crippen molar-refractivity contribution in [2.45, 2.75) is 64.3 Å². The highest BCUT2D eigenvalue weighted by molar-refractivity contribution is 6.01. The van der Waals surface area contributed by atoms with Crippen molar-refractivity contribution in [3.8, 4) is 0 Å². The third kappa shape index (κ3) is 5.15. The summed E-state index contributed by atoms with van der Waals surface area (Å²) in [5.74, 6) is 0.603. The second-order valence-electron chi connectivity index (χ2n) is 8.78. The van der Waals surface area contributed by atoms with Crippen LogP contribution in [0.5, 0.6) is 0 Å². The summed E-state index contributed by atoms with van der Waals surface area (Å²) in [6.45, 7) is 5.32. The minimum Gasteiger partial charge on any atom is -0.381 e. The lowest BCUT2D eigenvalue weighted by Crippen LogP contribution is -2.49. The molecular formula is C22H30N4O5. The first-order valence-corrected chi connectivity index (χ1v) is 11.1. The van der Waals surface area contributed by atoms with E-state index < -0.39 is 6.04 Å². The standard InChI is InChI=1S/C22H30N4O5/c1-13-3-5-16(6-4-13)20(24-21(27)17-12-30-25-14(17)2)22(28)23-19-11-18(26-31-19)15-7-9-29-10-8-15/h11-13,15-16,20H,3-10H2,1-2H3,(H,23,28)(H,24,27)/t13-,16-,20-/m0/s1. The molecule has 0 aromatic carbocycles. The van der Waals surface area contributed by atoms with Gasteiger partial charge in [-0.2, -0.15) is 0 Å². The van der Waals surface area contributed by atoms with E-state index in [-0.39, 0.29) is 23.7 Å². The molecule has 0 radical (unpaired) electrons. The van der Waals surface area contributed by atoms with E-state index in [0.717, 1.165) is 44.2 Å². The van der Waals surface area contributed by atoms with Gasteiger partial charge in [0.1, 0.15) is 17.9 Å². The van der Waals surface area contributed by atoms with Crippen molar-refractivity contribution in [3.05, 3.63) is 29.3 Å². The molecule has 2 aliphatic rings. The lowest BCUT2D eigenvalue weighted by Gasteiger charge is -2.32. The van der Waals surface area contributed by atoms with E-state index in [1.807, 2.05) is 0 Å². The predicted octanol–water partition coefficient (Wildman–Crippen LogP) is 3.43. The first-order valence-electron chi connectivity index (χ1n) is 11.1. The largest absolute Gasteiger partial charge is 0.381 e. The smallest absolute Gasteiger partial charge is 0.257 e. The van der Waals surface area contributed by atoms with E-state index >= 15 is 0 Å². The molecule has 2 aromatic rings. The Hall–Kier alpha value is -2.68. The summed E-state index contributed by atoms with van der Waals surface area (Å²) in [6, 6.07) is 1.10. The van der Waals surface area contributed by atoms with Gasteiger partial charge in [0.25, 0.3) is 5.91 Å². The van der Waals surface area contributed by atoms with Crippen LogP contribution in [-0.2, 0) is 9.53 Å². The lowest BCUT2D eigenvalue weighted by molar-refractivity contribution is -0.119. The molecule has 1 saturated carbocycles. The van der Waals surface area contributed by atoms with Gasteiger partial charge >= 0.3 is 0 Å². The number of carbonyl (C=O) groups is 2. The Morgan fingerprint density at radius 1 is 1.10 bits per heavy atom. The minimum absolute atomic E-state index is 0.0539. The monoisotopic (exact) mass is 430 g/mol. The molecule has 2 N–H and O–H groups in total. The summed E-state index contributed by atoms with van der Waals surface area (Å²) >= 11 is 0. The number of hydrogen-bond donors (Lipinski definition) is 2. The molecule has 2 fully saturated rings. The Bertz CT molecular complexity index is 893. The normalized spacial score (nSPS) is 23.3. The van der Waals surface area contributed by atoms with Crippen LogP contribution in [0.3, 0.4) is 0 Å². The molecule has 9 nitrogen and oxygen atoms in total. The number of anilines is 1. The Morgan fingerprint density at radius 3 is 2.52 bits per heavy atom. The van der Waals surface area contributed by atoms with Gasteiger partial charge < -0.3 is 19.1 Å². The van der Waals surface area contributed by atoms with Gasteiger partial charge in [0.2, 0.25) is 11.8 Å². The van der Waals surface area contributed by atoms with Gasteiger partial charge in [-0.3, -0.25) is 14.9 Å². The molecule has 2 aromatic heterocycles. The SMILES string of the molecule is Cc1nocc1C(=O)N[C@H](C(=O)Nc1cc(C2CCOCC2)no1)[C@H]1CC[C@H](C)CC1. The van der Waals surface area contributed by atoms with Crippen LogP contribution in [0.25, 0.3) is 0 Å². The van der Waals surface area contributed by atoms with Crippen LogP contribution in [0, 0.1) is 18.8 Å². The fourth-order valence-electron chi connectivity index (χ4n) is 4.48. The Balaban J connectivity index is 1.46. The van der Waals surface area contributed by atoms with Crippen LogP contribution < -0.4 is 10.6 Å². The van der Waals surface area contributed by atoms with Gasteiger partial charge in [-0.15, -0.1) is 0 Å². The summed E-state index contributed by atoms with van der Waals surface area (Å²) in [6.07, 6.45) is 6.91. The fraction of sp³-hybridized carbons (Fsp3) is 0.636. The molecule has 1 aliphatic carbocycles. The highest BCUT2D eigenvalue weighted by atomic mass is 16.5. The molecule has 4 rings (SSSR count). The number of aromatic nitrogens is 2. The molecule has 0 unspecified atom stereocenters. The second kappa shape index (κ2) is 9.64. The van der Waals surface area contributed by atoms with Gasteiger partial charge in [0.05, 0.1) is 11.4 Å². The zero-order valence-corrected chi connectivity index (χ0v) is 18.1. The van der Waals surface area contributed by atoms with Crippen LogP contribution in [0.2, 0.25) is 0 Å². The zero-order chi connectivity index (χ0) is 21.8. The predicted molar refractivity (Wildman–Crippen MR) is 112 cm³/mol. The molecule has 168 valence electrons. The first-order chi connectivity index (χ1) is 15.0. The average Bonchev–Trinajstić information content (AvgIpc) is 3.42. The molecule has 1 aliphatic heterocycles. The summed E-state index contributed by atoms with van der Waals surface area (Å²) in [5, 5.41) is 13.6. The number of amides is 2. The van der Waals surface area contributed by atoms with Gasteiger partial charge in [-0.1, -0.05) is 30.1 Å². The number of aryl methyl sites for hydroxylation is 1. The van der Waals surface area contributed by atoms with E-state index in [9.17, 15) is 9.59 Å². The molecule has 3 heterocycles. The first kappa shape index (κ1) is 21.5. The van der Waals surface area contributed by atoms with Crippen molar-refractivity contribution in [2.24, 2.45) is 11.8 Å². The molecule has 9 heteroatoms. The quantitative estimate of drug-likeness (QED) is 0.720. The van der Waals surface area contributed by atoms with Crippen molar-refractivity contribution in [2.75, 3.05) is 18.5 Å². The summed E-state index contributed by atoms with van der Waals surface area (Å²) in [4.78, 5) is 26.0. The number of ether oxygens (including phenoxy) is 1. The van der Waals surface area contributed by atoms with Crippen molar-refractivity contribution in [1.82, 2.24) is 15.6 Å². The van der Waals surface area contributed by atoms with E-state index in [2.05, 4.69) is 27.9 Å². The summed E-state index contributed by atoms with van der Waals surface area (Å²) in [7, 11) is 0. The van der Waals surface area contributed by atoms with Crippen LogP contribution >= 0.6 is 0 Å². The zero-order valence-electron chi connectivity index (χ0n) is 18.1. The number of carbonyl (C=O) groups excluding carboxylic acids is 2. The number of rotatable bonds is 6. The van der Waals surface area contributed by atoms with E-state index in [1.54, 1.807) is 13.0 Å². The second-order valence-corrected chi connectivity index (χ2v) is 8.78. The molecule has 1 saturated heterocycles. The van der Waals surface area contributed by atoms with Gasteiger partial charge in [-0.05, 0) is 44.4 Å². The van der Waals surface area contributed by atoms with Crippen molar-refractivity contribution >= 4 is 17.7 Å². The molecule has 0 spiro atoms. The van der Waals surface area contributed by atoms with Gasteiger partial charge in [0.15, 0.2) is 0 Å². The van der Waals surface area contributed by atoms with Crippen molar-refractivity contribution in [1.29, 1.82) is 0 Å². The average molecular weight is 431 g/mol. The Kier molecular flexibility index (Phi) is 6.70. The summed E-state index contributed by atoms with van der Waals surface area (Å²) < 4.78 is 15.7. The molecule has 0 bridgehead atoms. The van der Waals surface area contributed by atoms with Crippen molar-refractivity contribution < 1.29 is 23.4 Å². The van der Waals surface area contributed by atoms with Crippen molar-refractivity contribution in [3.63, 3.8) is 0 Å². The van der Waals surface area contributed by atoms with E-state index in [0.29, 0.717) is 36.3 Å². The number of nitrogens with zero attached hydrogens (tertiary/aromatic N) is 2.